The zero-order chi connectivity index (χ0) is 15.6. The van der Waals surface area contributed by atoms with Crippen molar-refractivity contribution in [3.05, 3.63) is 60.0 Å². The average Bonchev–Trinajstić information content (AvgIpc) is 3.30. The van der Waals surface area contributed by atoms with Gasteiger partial charge in [0.25, 0.3) is 5.89 Å². The van der Waals surface area contributed by atoms with E-state index in [2.05, 4.69) is 20.5 Å². The smallest absolute Gasteiger partial charge is 0.293 e. The van der Waals surface area contributed by atoms with Crippen LogP contribution < -0.4 is 0 Å². The monoisotopic (exact) mass is 307 g/mol. The summed E-state index contributed by atoms with van der Waals surface area (Å²) in [6.45, 7) is 2.57. The highest BCUT2D eigenvalue weighted by atomic mass is 16.5. The standard InChI is InChI=1S/C16H13N5O2/c1-11-14(15-17-16(23-19-15)13-8-5-9-22-13)18-20-21(11)10-12-6-3-2-4-7-12/h2-9H,10H2,1H3. The molecule has 0 spiro atoms. The number of hydrogen-bond acceptors (Lipinski definition) is 6. The molecule has 3 aromatic heterocycles. The van der Waals surface area contributed by atoms with Gasteiger partial charge >= 0.3 is 0 Å². The van der Waals surface area contributed by atoms with E-state index >= 15 is 0 Å². The molecule has 7 heteroatoms. The van der Waals surface area contributed by atoms with Crippen LogP contribution in [0, 0.1) is 6.92 Å². The molecule has 4 rings (SSSR count). The lowest BCUT2D eigenvalue weighted by molar-refractivity contribution is 0.416. The van der Waals surface area contributed by atoms with E-state index in [1.165, 1.54) is 0 Å². The second-order valence-electron chi connectivity index (χ2n) is 5.07. The molecule has 23 heavy (non-hydrogen) atoms. The normalized spacial score (nSPS) is 11.0. The van der Waals surface area contributed by atoms with Gasteiger partial charge in [-0.25, -0.2) is 4.68 Å². The predicted molar refractivity (Wildman–Crippen MR) is 81.3 cm³/mol. The lowest BCUT2D eigenvalue weighted by Crippen LogP contribution is -2.03. The predicted octanol–water partition coefficient (Wildman–Crippen LogP) is 2.94. The highest BCUT2D eigenvalue weighted by molar-refractivity contribution is 5.54. The van der Waals surface area contributed by atoms with Crippen LogP contribution in [0.2, 0.25) is 0 Å². The summed E-state index contributed by atoms with van der Waals surface area (Å²) in [5, 5.41) is 12.3. The molecule has 0 fully saturated rings. The Morgan fingerprint density at radius 3 is 2.74 bits per heavy atom. The van der Waals surface area contributed by atoms with Crippen molar-refractivity contribution in [1.82, 2.24) is 25.1 Å². The van der Waals surface area contributed by atoms with Crippen LogP contribution in [0.5, 0.6) is 0 Å². The van der Waals surface area contributed by atoms with Gasteiger partial charge in [0.2, 0.25) is 5.82 Å². The second kappa shape index (κ2) is 5.53. The van der Waals surface area contributed by atoms with Crippen molar-refractivity contribution in [2.75, 3.05) is 0 Å². The summed E-state index contributed by atoms with van der Waals surface area (Å²) in [5.41, 5.74) is 2.62. The van der Waals surface area contributed by atoms with Gasteiger partial charge in [0.15, 0.2) is 11.5 Å². The third-order valence-corrected chi connectivity index (χ3v) is 3.53. The summed E-state index contributed by atoms with van der Waals surface area (Å²) in [6, 6.07) is 13.6. The molecule has 3 heterocycles. The van der Waals surface area contributed by atoms with Crippen molar-refractivity contribution in [3.8, 4) is 23.2 Å². The van der Waals surface area contributed by atoms with Crippen LogP contribution in [0.3, 0.4) is 0 Å². The summed E-state index contributed by atoms with van der Waals surface area (Å²) in [7, 11) is 0. The highest BCUT2D eigenvalue weighted by Crippen LogP contribution is 2.23. The quantitative estimate of drug-likeness (QED) is 0.576. The molecule has 0 bridgehead atoms. The van der Waals surface area contributed by atoms with Crippen LogP contribution in [0.4, 0.5) is 0 Å². The molecule has 4 aromatic rings. The van der Waals surface area contributed by atoms with Crippen LogP contribution in [0.15, 0.2) is 57.7 Å². The molecule has 0 aliphatic carbocycles. The van der Waals surface area contributed by atoms with E-state index < -0.39 is 0 Å². The van der Waals surface area contributed by atoms with E-state index in [-0.39, 0.29) is 0 Å². The molecular formula is C16H13N5O2. The largest absolute Gasteiger partial charge is 0.459 e. The van der Waals surface area contributed by atoms with Crippen LogP contribution in [-0.2, 0) is 6.54 Å². The summed E-state index contributed by atoms with van der Waals surface area (Å²) in [4.78, 5) is 4.32. The summed E-state index contributed by atoms with van der Waals surface area (Å²) >= 11 is 0. The van der Waals surface area contributed by atoms with Gasteiger partial charge < -0.3 is 8.94 Å². The van der Waals surface area contributed by atoms with Gasteiger partial charge in [-0.2, -0.15) is 4.98 Å². The first-order chi connectivity index (χ1) is 11.3. The molecule has 7 nitrogen and oxygen atoms in total. The maximum atomic E-state index is 5.25. The number of benzene rings is 1. The molecule has 0 atom stereocenters. The first kappa shape index (κ1) is 13.4. The zero-order valence-corrected chi connectivity index (χ0v) is 12.4. The molecule has 0 radical (unpaired) electrons. The van der Waals surface area contributed by atoms with Crippen molar-refractivity contribution in [2.45, 2.75) is 13.5 Å². The van der Waals surface area contributed by atoms with E-state index in [1.54, 1.807) is 18.4 Å². The first-order valence-corrected chi connectivity index (χ1v) is 7.13. The Bertz CT molecular complexity index is 909. The molecular weight excluding hydrogens is 294 g/mol. The zero-order valence-electron chi connectivity index (χ0n) is 12.4. The third-order valence-electron chi connectivity index (χ3n) is 3.53. The summed E-state index contributed by atoms with van der Waals surface area (Å²) < 4.78 is 12.3. The molecule has 114 valence electrons. The van der Waals surface area contributed by atoms with E-state index in [1.807, 2.05) is 41.9 Å². The Kier molecular flexibility index (Phi) is 3.23. The Morgan fingerprint density at radius 2 is 1.96 bits per heavy atom. The van der Waals surface area contributed by atoms with E-state index in [0.29, 0.717) is 29.7 Å². The topological polar surface area (TPSA) is 82.8 Å². The van der Waals surface area contributed by atoms with Gasteiger partial charge in [0.1, 0.15) is 0 Å². The Labute approximate surface area is 131 Å². The van der Waals surface area contributed by atoms with Crippen molar-refractivity contribution in [3.63, 3.8) is 0 Å². The lowest BCUT2D eigenvalue weighted by Gasteiger charge is -2.02. The third kappa shape index (κ3) is 2.52. The molecule has 0 aliphatic rings. The van der Waals surface area contributed by atoms with Crippen molar-refractivity contribution >= 4 is 0 Å². The SMILES string of the molecule is Cc1c(-c2noc(-c3ccco3)n2)nnn1Cc1ccccc1. The first-order valence-electron chi connectivity index (χ1n) is 7.13. The number of nitrogens with zero attached hydrogens (tertiary/aromatic N) is 5. The molecule has 0 amide bonds. The van der Waals surface area contributed by atoms with Gasteiger partial charge in [-0.15, -0.1) is 5.10 Å². The number of aromatic nitrogens is 5. The van der Waals surface area contributed by atoms with Gasteiger partial charge in [-0.05, 0) is 24.6 Å². The average molecular weight is 307 g/mol. The second-order valence-corrected chi connectivity index (χ2v) is 5.07. The van der Waals surface area contributed by atoms with E-state index in [4.69, 9.17) is 8.94 Å². The van der Waals surface area contributed by atoms with Gasteiger partial charge in [0.05, 0.1) is 18.5 Å². The van der Waals surface area contributed by atoms with E-state index in [0.717, 1.165) is 11.3 Å². The minimum atomic E-state index is 0.321. The minimum absolute atomic E-state index is 0.321. The number of rotatable bonds is 4. The maximum absolute atomic E-state index is 5.25. The fourth-order valence-corrected chi connectivity index (χ4v) is 2.29. The molecule has 0 saturated carbocycles. The minimum Gasteiger partial charge on any atom is -0.459 e. The van der Waals surface area contributed by atoms with Crippen LogP contribution in [-0.4, -0.2) is 25.1 Å². The van der Waals surface area contributed by atoms with Gasteiger partial charge in [-0.3, -0.25) is 0 Å². The van der Waals surface area contributed by atoms with Gasteiger partial charge in [0, 0.05) is 0 Å². The Hall–Kier alpha value is -3.22. The van der Waals surface area contributed by atoms with Crippen molar-refractivity contribution in [1.29, 1.82) is 0 Å². The van der Waals surface area contributed by atoms with Crippen LogP contribution in [0.25, 0.3) is 23.2 Å². The lowest BCUT2D eigenvalue weighted by atomic mass is 10.2. The molecule has 0 unspecified atom stereocenters. The maximum Gasteiger partial charge on any atom is 0.293 e. The van der Waals surface area contributed by atoms with Crippen LogP contribution in [0.1, 0.15) is 11.3 Å². The number of hydrogen-bond donors (Lipinski definition) is 0. The van der Waals surface area contributed by atoms with Gasteiger partial charge in [-0.1, -0.05) is 40.7 Å². The molecule has 1 aromatic carbocycles. The van der Waals surface area contributed by atoms with Crippen LogP contribution >= 0.6 is 0 Å². The molecule has 0 saturated heterocycles. The Morgan fingerprint density at radius 1 is 1.09 bits per heavy atom. The Balaban J connectivity index is 1.63. The summed E-state index contributed by atoms with van der Waals surface area (Å²) in [6.07, 6.45) is 1.56. The molecule has 0 aliphatic heterocycles. The fraction of sp³-hybridized carbons (Fsp3) is 0.125. The highest BCUT2D eigenvalue weighted by Gasteiger charge is 2.18. The summed E-state index contributed by atoms with van der Waals surface area (Å²) in [5.74, 6) is 1.24. The molecule has 0 N–H and O–H groups in total. The van der Waals surface area contributed by atoms with Crippen molar-refractivity contribution < 1.29 is 8.94 Å². The number of furan rings is 1. The fourth-order valence-electron chi connectivity index (χ4n) is 2.29. The van der Waals surface area contributed by atoms with E-state index in [9.17, 15) is 0 Å². The van der Waals surface area contributed by atoms with Crippen molar-refractivity contribution in [2.24, 2.45) is 0 Å².